The maximum Gasteiger partial charge on any atom is 0.295 e. The van der Waals surface area contributed by atoms with Gasteiger partial charge in [0, 0.05) is 36.8 Å². The smallest absolute Gasteiger partial charge is 0.295 e. The third-order valence-electron chi connectivity index (χ3n) is 5.67. The summed E-state index contributed by atoms with van der Waals surface area (Å²) in [6, 6.07) is 9.25. The average molecular weight is 445 g/mol. The van der Waals surface area contributed by atoms with Crippen LogP contribution in [0, 0.1) is 6.92 Å². The summed E-state index contributed by atoms with van der Waals surface area (Å²) < 4.78 is 11.2. The van der Waals surface area contributed by atoms with Crippen LogP contribution >= 0.6 is 11.6 Å². The van der Waals surface area contributed by atoms with Gasteiger partial charge in [0.15, 0.2) is 0 Å². The number of amides is 1. The number of morpholine rings is 1. The summed E-state index contributed by atoms with van der Waals surface area (Å²) in [6.45, 7) is 6.10. The summed E-state index contributed by atoms with van der Waals surface area (Å²) >= 11 is 5.95. The van der Waals surface area contributed by atoms with Crippen LogP contribution in [0.1, 0.15) is 29.5 Å². The predicted octanol–water partition coefficient (Wildman–Crippen LogP) is 3.39. The molecule has 1 aromatic heterocycles. The van der Waals surface area contributed by atoms with E-state index in [0.717, 1.165) is 19.6 Å². The van der Waals surface area contributed by atoms with Crippen LogP contribution in [0.5, 0.6) is 0 Å². The fourth-order valence-corrected chi connectivity index (χ4v) is 4.19. The van der Waals surface area contributed by atoms with Gasteiger partial charge in [0.1, 0.15) is 23.3 Å². The quantitative estimate of drug-likeness (QED) is 0.418. The third-order valence-corrected chi connectivity index (χ3v) is 5.92. The number of carbonyl (C=O) groups excluding carboxylic acids is 2. The van der Waals surface area contributed by atoms with Crippen molar-refractivity contribution < 1.29 is 23.8 Å². The van der Waals surface area contributed by atoms with Crippen molar-refractivity contribution in [1.82, 2.24) is 9.80 Å². The minimum absolute atomic E-state index is 0.0352. The molecule has 164 valence electrons. The predicted molar refractivity (Wildman–Crippen MR) is 116 cm³/mol. The van der Waals surface area contributed by atoms with E-state index in [1.165, 1.54) is 4.90 Å². The SMILES string of the molecule is Cc1ccc([C@H]2/C(=C(\O)c3ccc(Cl)cc3)C(=O)C(=O)N2CCCN2CCOCC2)o1. The number of ketones is 1. The zero-order valence-electron chi connectivity index (χ0n) is 17.3. The van der Waals surface area contributed by atoms with Gasteiger partial charge in [-0.05, 0) is 49.7 Å². The molecule has 8 heteroatoms. The van der Waals surface area contributed by atoms with Crippen molar-refractivity contribution in [2.45, 2.75) is 19.4 Å². The number of benzene rings is 1. The highest BCUT2D eigenvalue weighted by atomic mass is 35.5. The summed E-state index contributed by atoms with van der Waals surface area (Å²) in [5, 5.41) is 11.5. The number of hydrogen-bond donors (Lipinski definition) is 1. The molecular weight excluding hydrogens is 420 g/mol. The molecule has 31 heavy (non-hydrogen) atoms. The van der Waals surface area contributed by atoms with E-state index in [9.17, 15) is 14.7 Å². The molecular formula is C23H25ClN2O5. The van der Waals surface area contributed by atoms with Crippen molar-refractivity contribution >= 4 is 29.1 Å². The fourth-order valence-electron chi connectivity index (χ4n) is 4.06. The van der Waals surface area contributed by atoms with Crippen LogP contribution in [0.2, 0.25) is 5.02 Å². The molecule has 1 atom stereocenters. The number of aliphatic hydroxyl groups is 1. The molecule has 1 N–H and O–H groups in total. The first-order valence-electron chi connectivity index (χ1n) is 10.4. The maximum atomic E-state index is 12.9. The van der Waals surface area contributed by atoms with Crippen molar-refractivity contribution in [3.63, 3.8) is 0 Å². The number of rotatable bonds is 6. The van der Waals surface area contributed by atoms with Gasteiger partial charge in [0.25, 0.3) is 11.7 Å². The first-order chi connectivity index (χ1) is 15.0. The Kier molecular flexibility index (Phi) is 6.46. The van der Waals surface area contributed by atoms with E-state index < -0.39 is 17.7 Å². The number of ether oxygens (including phenoxy) is 1. The summed E-state index contributed by atoms with van der Waals surface area (Å²) in [5.41, 5.74) is 0.456. The Bertz CT molecular complexity index is 992. The lowest BCUT2D eigenvalue weighted by molar-refractivity contribution is -0.140. The summed E-state index contributed by atoms with van der Waals surface area (Å²) in [5.74, 6) is -0.446. The monoisotopic (exact) mass is 444 g/mol. The van der Waals surface area contributed by atoms with E-state index in [2.05, 4.69) is 4.90 Å². The number of aryl methyl sites for hydroxylation is 1. The fraction of sp³-hybridized carbons (Fsp3) is 0.391. The number of furan rings is 1. The van der Waals surface area contributed by atoms with Gasteiger partial charge in [-0.25, -0.2) is 0 Å². The number of aliphatic hydroxyl groups excluding tert-OH is 1. The van der Waals surface area contributed by atoms with E-state index in [1.807, 2.05) is 0 Å². The zero-order valence-corrected chi connectivity index (χ0v) is 18.1. The Morgan fingerprint density at radius 3 is 2.45 bits per heavy atom. The minimum Gasteiger partial charge on any atom is -0.507 e. The molecule has 3 heterocycles. The maximum absolute atomic E-state index is 12.9. The lowest BCUT2D eigenvalue weighted by Gasteiger charge is -2.28. The molecule has 2 aliphatic heterocycles. The second-order valence-electron chi connectivity index (χ2n) is 7.76. The minimum atomic E-state index is -0.769. The van der Waals surface area contributed by atoms with Crippen LogP contribution in [0.4, 0.5) is 0 Å². The van der Waals surface area contributed by atoms with Crippen LogP contribution in [0.3, 0.4) is 0 Å². The number of halogens is 1. The molecule has 0 radical (unpaired) electrons. The number of nitrogens with zero attached hydrogens (tertiary/aromatic N) is 2. The van der Waals surface area contributed by atoms with E-state index >= 15 is 0 Å². The van der Waals surface area contributed by atoms with Gasteiger partial charge in [-0.3, -0.25) is 14.5 Å². The first-order valence-corrected chi connectivity index (χ1v) is 10.7. The lowest BCUT2D eigenvalue weighted by Crippen LogP contribution is -2.38. The van der Waals surface area contributed by atoms with Crippen molar-refractivity contribution in [3.8, 4) is 0 Å². The molecule has 0 aliphatic carbocycles. The Morgan fingerprint density at radius 2 is 1.81 bits per heavy atom. The van der Waals surface area contributed by atoms with Gasteiger partial charge in [-0.15, -0.1) is 0 Å². The number of hydrogen-bond acceptors (Lipinski definition) is 6. The third kappa shape index (κ3) is 4.54. The molecule has 2 saturated heterocycles. The largest absolute Gasteiger partial charge is 0.507 e. The van der Waals surface area contributed by atoms with Crippen LogP contribution in [0.25, 0.3) is 5.76 Å². The molecule has 2 aliphatic rings. The van der Waals surface area contributed by atoms with Gasteiger partial charge in [-0.1, -0.05) is 11.6 Å². The normalized spacial score (nSPS) is 21.7. The standard InChI is InChI=1S/C23H25ClN2O5/c1-15-3-8-18(31-15)20-19(21(27)16-4-6-17(24)7-5-16)22(28)23(29)26(20)10-2-9-25-11-13-30-14-12-25/h3-8,20,27H,2,9-14H2,1H3/b21-19+/t20-/m0/s1. The summed E-state index contributed by atoms with van der Waals surface area (Å²) in [4.78, 5) is 29.6. The van der Waals surface area contributed by atoms with Gasteiger partial charge in [0.2, 0.25) is 0 Å². The van der Waals surface area contributed by atoms with Gasteiger partial charge >= 0.3 is 0 Å². The molecule has 0 unspecified atom stereocenters. The van der Waals surface area contributed by atoms with Crippen molar-refractivity contribution in [3.05, 3.63) is 64.1 Å². The van der Waals surface area contributed by atoms with Crippen molar-refractivity contribution in [2.24, 2.45) is 0 Å². The average Bonchev–Trinajstić information content (AvgIpc) is 3.30. The highest BCUT2D eigenvalue weighted by Gasteiger charge is 2.47. The molecule has 2 fully saturated rings. The molecule has 2 aromatic rings. The van der Waals surface area contributed by atoms with Crippen molar-refractivity contribution in [1.29, 1.82) is 0 Å². The Labute approximate surface area is 185 Å². The molecule has 1 aromatic carbocycles. The molecule has 0 saturated carbocycles. The Balaban J connectivity index is 1.64. The second-order valence-corrected chi connectivity index (χ2v) is 8.19. The second kappa shape index (κ2) is 9.26. The zero-order chi connectivity index (χ0) is 22.0. The highest BCUT2D eigenvalue weighted by Crippen LogP contribution is 2.40. The van der Waals surface area contributed by atoms with Gasteiger partial charge < -0.3 is 19.2 Å². The molecule has 0 spiro atoms. The lowest BCUT2D eigenvalue weighted by atomic mass is 9.99. The van der Waals surface area contributed by atoms with Gasteiger partial charge in [-0.2, -0.15) is 0 Å². The van der Waals surface area contributed by atoms with E-state index in [4.69, 9.17) is 20.8 Å². The topological polar surface area (TPSA) is 83.2 Å². The van der Waals surface area contributed by atoms with Crippen LogP contribution in [0.15, 0.2) is 46.4 Å². The summed E-state index contributed by atoms with van der Waals surface area (Å²) in [6.07, 6.45) is 0.699. The highest BCUT2D eigenvalue weighted by molar-refractivity contribution is 6.46. The Hall–Kier alpha value is -2.61. The van der Waals surface area contributed by atoms with E-state index in [0.29, 0.717) is 48.3 Å². The number of carbonyl (C=O) groups is 2. The van der Waals surface area contributed by atoms with Gasteiger partial charge in [0.05, 0.1) is 18.8 Å². The molecule has 1 amide bonds. The number of likely N-dealkylation sites (tertiary alicyclic amines) is 1. The number of Topliss-reactive ketones (excluding diaryl/α,β-unsaturated/α-hetero) is 1. The van der Waals surface area contributed by atoms with Crippen LogP contribution < -0.4 is 0 Å². The van der Waals surface area contributed by atoms with E-state index in [1.54, 1.807) is 43.3 Å². The van der Waals surface area contributed by atoms with Crippen LogP contribution in [-0.2, 0) is 14.3 Å². The van der Waals surface area contributed by atoms with Crippen molar-refractivity contribution in [2.75, 3.05) is 39.4 Å². The summed E-state index contributed by atoms with van der Waals surface area (Å²) in [7, 11) is 0. The first kappa shape index (κ1) is 21.6. The molecule has 7 nitrogen and oxygen atoms in total. The molecule has 4 rings (SSSR count). The Morgan fingerprint density at radius 1 is 1.10 bits per heavy atom. The van der Waals surface area contributed by atoms with E-state index in [-0.39, 0.29) is 11.3 Å². The molecule has 0 bridgehead atoms. The van der Waals surface area contributed by atoms with Crippen LogP contribution in [-0.4, -0.2) is 66.0 Å².